The third-order valence-electron chi connectivity index (χ3n) is 5.56. The molecule has 170 valence electrons. The van der Waals surface area contributed by atoms with E-state index >= 15 is 0 Å². The lowest BCUT2D eigenvalue weighted by atomic mass is 10.0. The standard InChI is InChI=1S/C22H24FN5O2S.H2S/c1-28(16-5-4-10-25-12-16)31(29,30)21-7-3-2-6-17(21)15-8-9-18(19(23)11-15)20-13-27-22(24)14-26-20;/h2-3,6-9,11,13-14,16,25H,4-5,10,12H2,1H3,(H2,24,27);1H2/t16-;/m0./s1. The van der Waals surface area contributed by atoms with Crippen LogP contribution in [-0.2, 0) is 10.0 Å². The van der Waals surface area contributed by atoms with Crippen LogP contribution in [0.4, 0.5) is 10.2 Å². The normalized spacial score (nSPS) is 16.5. The summed E-state index contributed by atoms with van der Waals surface area (Å²) in [5.74, 6) is -0.272. The zero-order chi connectivity index (χ0) is 22.0. The van der Waals surface area contributed by atoms with E-state index in [4.69, 9.17) is 5.73 Å². The van der Waals surface area contributed by atoms with Crippen LogP contribution in [0, 0.1) is 5.82 Å². The summed E-state index contributed by atoms with van der Waals surface area (Å²) in [6.45, 7) is 1.51. The minimum Gasteiger partial charge on any atom is -0.382 e. The monoisotopic (exact) mass is 475 g/mol. The van der Waals surface area contributed by atoms with Gasteiger partial charge in [-0.3, -0.25) is 4.98 Å². The zero-order valence-electron chi connectivity index (χ0n) is 17.6. The number of likely N-dealkylation sites (N-methyl/N-ethyl adjacent to an activating group) is 1. The number of halogens is 1. The van der Waals surface area contributed by atoms with Gasteiger partial charge in [-0.1, -0.05) is 24.3 Å². The second-order valence-corrected chi connectivity index (χ2v) is 9.50. The lowest BCUT2D eigenvalue weighted by Gasteiger charge is -2.31. The first-order chi connectivity index (χ1) is 14.9. The van der Waals surface area contributed by atoms with E-state index in [-0.39, 0.29) is 35.8 Å². The molecule has 0 unspecified atom stereocenters. The number of hydrogen-bond donors (Lipinski definition) is 2. The van der Waals surface area contributed by atoms with Crippen LogP contribution in [0.2, 0.25) is 0 Å². The SMILES string of the molecule is CN([C@H]1CCCNC1)S(=O)(=O)c1ccccc1-c1ccc(-c2cnc(N)cn2)c(F)c1.S. The minimum atomic E-state index is -3.76. The van der Waals surface area contributed by atoms with E-state index in [0.717, 1.165) is 19.4 Å². The molecule has 0 bridgehead atoms. The van der Waals surface area contributed by atoms with E-state index in [1.165, 1.54) is 22.8 Å². The largest absolute Gasteiger partial charge is 0.382 e. The highest BCUT2D eigenvalue weighted by Gasteiger charge is 2.31. The summed E-state index contributed by atoms with van der Waals surface area (Å²) in [6, 6.07) is 11.1. The Morgan fingerprint density at radius 3 is 2.56 bits per heavy atom. The number of hydrogen-bond acceptors (Lipinski definition) is 6. The summed E-state index contributed by atoms with van der Waals surface area (Å²) in [6.07, 6.45) is 4.49. The van der Waals surface area contributed by atoms with Gasteiger partial charge in [0.15, 0.2) is 0 Å². The molecule has 3 aromatic rings. The Kier molecular flexibility index (Phi) is 7.50. The van der Waals surface area contributed by atoms with E-state index in [2.05, 4.69) is 15.3 Å². The van der Waals surface area contributed by atoms with Crippen molar-refractivity contribution in [3.8, 4) is 22.4 Å². The van der Waals surface area contributed by atoms with Gasteiger partial charge in [0.25, 0.3) is 0 Å². The fourth-order valence-corrected chi connectivity index (χ4v) is 5.39. The molecule has 4 rings (SSSR count). The lowest BCUT2D eigenvalue weighted by molar-refractivity contribution is 0.300. The molecule has 1 aliphatic rings. The maximum Gasteiger partial charge on any atom is 0.243 e. The smallest absolute Gasteiger partial charge is 0.243 e. The summed E-state index contributed by atoms with van der Waals surface area (Å²) in [5, 5.41) is 3.24. The summed E-state index contributed by atoms with van der Waals surface area (Å²) in [5.41, 5.74) is 7.08. The number of nitrogen functional groups attached to an aromatic ring is 1. The van der Waals surface area contributed by atoms with Crippen LogP contribution >= 0.6 is 13.5 Å². The summed E-state index contributed by atoms with van der Waals surface area (Å²) < 4.78 is 43.2. The van der Waals surface area contributed by atoms with Crippen molar-refractivity contribution in [2.24, 2.45) is 0 Å². The first-order valence-electron chi connectivity index (χ1n) is 10.0. The molecule has 1 fully saturated rings. The summed E-state index contributed by atoms with van der Waals surface area (Å²) in [4.78, 5) is 8.21. The molecule has 1 aliphatic heterocycles. The zero-order valence-corrected chi connectivity index (χ0v) is 19.4. The molecular weight excluding hydrogens is 449 g/mol. The number of nitrogens with zero attached hydrogens (tertiary/aromatic N) is 3. The van der Waals surface area contributed by atoms with Gasteiger partial charge in [-0.15, -0.1) is 0 Å². The highest BCUT2D eigenvalue weighted by molar-refractivity contribution is 7.89. The number of nitrogens with one attached hydrogen (secondary N) is 1. The average Bonchev–Trinajstić information content (AvgIpc) is 2.80. The molecule has 0 saturated carbocycles. The highest BCUT2D eigenvalue weighted by atomic mass is 32.2. The number of anilines is 1. The Labute approximate surface area is 194 Å². The number of nitrogens with two attached hydrogens (primary N) is 1. The third kappa shape index (κ3) is 4.78. The Balaban J connectivity index is 0.00000289. The van der Waals surface area contributed by atoms with Gasteiger partial charge in [0.05, 0.1) is 23.0 Å². The van der Waals surface area contributed by atoms with Crippen LogP contribution in [0.5, 0.6) is 0 Å². The fraction of sp³-hybridized carbons (Fsp3) is 0.273. The van der Waals surface area contributed by atoms with Crippen molar-refractivity contribution < 1.29 is 12.8 Å². The molecule has 0 amide bonds. The van der Waals surface area contributed by atoms with Gasteiger partial charge in [0.2, 0.25) is 10.0 Å². The molecule has 3 N–H and O–H groups in total. The van der Waals surface area contributed by atoms with Gasteiger partial charge >= 0.3 is 0 Å². The number of benzene rings is 2. The Morgan fingerprint density at radius 2 is 1.91 bits per heavy atom. The second kappa shape index (κ2) is 9.95. The molecule has 1 saturated heterocycles. The van der Waals surface area contributed by atoms with Gasteiger partial charge in [0.1, 0.15) is 11.6 Å². The molecule has 2 aromatic carbocycles. The lowest BCUT2D eigenvalue weighted by Crippen LogP contribution is -2.46. The van der Waals surface area contributed by atoms with E-state index in [0.29, 0.717) is 23.4 Å². The minimum absolute atomic E-state index is 0. The molecular formula is C22H26FN5O2S2. The van der Waals surface area contributed by atoms with Crippen molar-refractivity contribution in [3.05, 3.63) is 60.7 Å². The quantitative estimate of drug-likeness (QED) is 0.588. The number of rotatable bonds is 5. The molecule has 0 spiro atoms. The van der Waals surface area contributed by atoms with E-state index in [1.807, 2.05) is 0 Å². The van der Waals surface area contributed by atoms with Crippen molar-refractivity contribution in [1.29, 1.82) is 0 Å². The molecule has 1 aromatic heterocycles. The van der Waals surface area contributed by atoms with E-state index in [9.17, 15) is 12.8 Å². The van der Waals surface area contributed by atoms with Gasteiger partial charge in [-0.2, -0.15) is 17.8 Å². The van der Waals surface area contributed by atoms with Crippen LogP contribution in [-0.4, -0.2) is 48.9 Å². The summed E-state index contributed by atoms with van der Waals surface area (Å²) in [7, 11) is -2.16. The van der Waals surface area contributed by atoms with Gasteiger partial charge in [-0.25, -0.2) is 17.8 Å². The fourth-order valence-electron chi connectivity index (χ4n) is 3.79. The van der Waals surface area contributed by atoms with Crippen LogP contribution in [0.3, 0.4) is 0 Å². The molecule has 10 heteroatoms. The first kappa shape index (κ1) is 24.1. The highest BCUT2D eigenvalue weighted by Crippen LogP contribution is 2.33. The van der Waals surface area contributed by atoms with Crippen molar-refractivity contribution >= 4 is 29.3 Å². The molecule has 0 radical (unpaired) electrons. The predicted octanol–water partition coefficient (Wildman–Crippen LogP) is 3.02. The maximum atomic E-state index is 14.9. The molecule has 0 aliphatic carbocycles. The average molecular weight is 476 g/mol. The second-order valence-electron chi connectivity index (χ2n) is 7.54. The Bertz CT molecular complexity index is 1180. The van der Waals surface area contributed by atoms with Crippen molar-refractivity contribution in [2.45, 2.75) is 23.8 Å². The maximum absolute atomic E-state index is 14.9. The van der Waals surface area contributed by atoms with Crippen molar-refractivity contribution in [3.63, 3.8) is 0 Å². The molecule has 7 nitrogen and oxygen atoms in total. The predicted molar refractivity (Wildman–Crippen MR) is 128 cm³/mol. The van der Waals surface area contributed by atoms with Crippen molar-refractivity contribution in [1.82, 2.24) is 19.6 Å². The van der Waals surface area contributed by atoms with Gasteiger partial charge < -0.3 is 11.1 Å². The van der Waals surface area contributed by atoms with Gasteiger partial charge in [0, 0.05) is 30.8 Å². The Morgan fingerprint density at radius 1 is 1.12 bits per heavy atom. The number of piperidine rings is 1. The summed E-state index contributed by atoms with van der Waals surface area (Å²) >= 11 is 0. The van der Waals surface area contributed by atoms with E-state index in [1.54, 1.807) is 43.4 Å². The van der Waals surface area contributed by atoms with E-state index < -0.39 is 15.8 Å². The Hall–Kier alpha value is -2.53. The first-order valence-corrected chi connectivity index (χ1v) is 11.5. The van der Waals surface area contributed by atoms with Gasteiger partial charge in [-0.05, 0) is 43.1 Å². The molecule has 2 heterocycles. The third-order valence-corrected chi connectivity index (χ3v) is 7.53. The topological polar surface area (TPSA) is 101 Å². The number of sulfonamides is 1. The van der Waals surface area contributed by atoms with Crippen LogP contribution in [0.15, 0.2) is 59.8 Å². The van der Waals surface area contributed by atoms with Crippen LogP contribution in [0.1, 0.15) is 12.8 Å². The molecule has 32 heavy (non-hydrogen) atoms. The number of aromatic nitrogens is 2. The molecule has 1 atom stereocenters. The van der Waals surface area contributed by atoms with Crippen molar-refractivity contribution in [2.75, 3.05) is 25.9 Å². The van der Waals surface area contributed by atoms with Crippen LogP contribution in [0.25, 0.3) is 22.4 Å². The van der Waals surface area contributed by atoms with Crippen LogP contribution < -0.4 is 11.1 Å².